The maximum atomic E-state index is 11.1. The van der Waals surface area contributed by atoms with Crippen LogP contribution in [0.2, 0.25) is 0 Å². The van der Waals surface area contributed by atoms with E-state index in [0.717, 1.165) is 49.7 Å². The Hall–Kier alpha value is -5.22. The van der Waals surface area contributed by atoms with Crippen LogP contribution in [0.25, 0.3) is 10.8 Å². The van der Waals surface area contributed by atoms with E-state index in [4.69, 9.17) is 0 Å². The van der Waals surface area contributed by atoms with Gasteiger partial charge in [0.25, 0.3) is 0 Å². The molecular formula is C45H46O4. The Morgan fingerprint density at radius 3 is 1.37 bits per heavy atom. The lowest BCUT2D eigenvalue weighted by Crippen LogP contribution is -2.52. The average Bonchev–Trinajstić information content (AvgIpc) is 3.05. The Labute approximate surface area is 290 Å². The van der Waals surface area contributed by atoms with Crippen LogP contribution in [0.5, 0.6) is 23.0 Å². The number of phenols is 4. The predicted molar refractivity (Wildman–Crippen MR) is 200 cm³/mol. The predicted octanol–water partition coefficient (Wildman–Crippen LogP) is 10.6. The van der Waals surface area contributed by atoms with E-state index in [1.165, 1.54) is 0 Å². The van der Waals surface area contributed by atoms with Crippen LogP contribution >= 0.6 is 0 Å². The molecule has 2 unspecified atom stereocenters. The fraction of sp³-hybridized carbons (Fsp3) is 0.244. The molecule has 4 nitrogen and oxygen atoms in total. The molecule has 0 fully saturated rings. The van der Waals surface area contributed by atoms with Gasteiger partial charge in [-0.3, -0.25) is 0 Å². The zero-order valence-electron chi connectivity index (χ0n) is 29.4. The quantitative estimate of drug-likeness (QED) is 0.135. The molecule has 4 N–H and O–H groups in total. The normalized spacial score (nSPS) is 14.7. The molecule has 49 heavy (non-hydrogen) atoms. The van der Waals surface area contributed by atoms with Crippen molar-refractivity contribution in [3.8, 4) is 23.0 Å². The van der Waals surface area contributed by atoms with Crippen LogP contribution in [0.15, 0.2) is 127 Å². The maximum Gasteiger partial charge on any atom is 0.115 e. The molecule has 6 aromatic carbocycles. The van der Waals surface area contributed by atoms with Crippen LogP contribution in [0, 0.1) is 0 Å². The van der Waals surface area contributed by atoms with Gasteiger partial charge in [-0.1, -0.05) is 120 Å². The SMILES string of the molecule is CC(C)(C)c1cc(O)ccc1C(C)(c1ccc(O)cc1)C(c1ccc(O)cc1)(c1ccc(O)cc1C(C)(C)C)c1cccc2ccccc12. The van der Waals surface area contributed by atoms with Crippen molar-refractivity contribution in [1.29, 1.82) is 0 Å². The van der Waals surface area contributed by atoms with E-state index in [-0.39, 0.29) is 28.4 Å². The molecule has 0 aromatic heterocycles. The lowest BCUT2D eigenvalue weighted by molar-refractivity contribution is 0.371. The van der Waals surface area contributed by atoms with Crippen molar-refractivity contribution in [2.75, 3.05) is 0 Å². The third-order valence-corrected chi connectivity index (χ3v) is 10.3. The van der Waals surface area contributed by atoms with Gasteiger partial charge in [-0.25, -0.2) is 0 Å². The summed E-state index contributed by atoms with van der Waals surface area (Å²) in [5.74, 6) is 0.677. The van der Waals surface area contributed by atoms with Gasteiger partial charge in [-0.05, 0) is 116 Å². The van der Waals surface area contributed by atoms with Crippen LogP contribution < -0.4 is 0 Å². The van der Waals surface area contributed by atoms with E-state index in [1.807, 2.05) is 48.5 Å². The van der Waals surface area contributed by atoms with Crippen molar-refractivity contribution in [2.24, 2.45) is 0 Å². The standard InChI is InChI=1S/C45H46O4/c1-42(2,3)40-27-34(48)23-25-38(40)44(7,30-15-19-32(46)20-16-30)45(31-17-21-33(47)22-18-31,37-14-10-12-29-11-8-9-13-36(29)37)39-26-24-35(49)28-41(39)43(4,5)6/h8-28,46-49H,1-7H3. The minimum absolute atomic E-state index is 0.156. The van der Waals surface area contributed by atoms with Gasteiger partial charge in [-0.2, -0.15) is 0 Å². The Bertz CT molecular complexity index is 2130. The third-order valence-electron chi connectivity index (χ3n) is 10.3. The summed E-state index contributed by atoms with van der Waals surface area (Å²) < 4.78 is 0. The summed E-state index contributed by atoms with van der Waals surface area (Å²) in [4.78, 5) is 0. The number of benzene rings is 6. The summed E-state index contributed by atoms with van der Waals surface area (Å²) in [6.07, 6.45) is 0. The Morgan fingerprint density at radius 2 is 0.816 bits per heavy atom. The second-order valence-corrected chi connectivity index (χ2v) is 15.5. The molecule has 4 heteroatoms. The fourth-order valence-electron chi connectivity index (χ4n) is 7.98. The van der Waals surface area contributed by atoms with Gasteiger partial charge >= 0.3 is 0 Å². The summed E-state index contributed by atoms with van der Waals surface area (Å²) in [5.41, 5.74) is 4.07. The highest BCUT2D eigenvalue weighted by Crippen LogP contribution is 2.61. The van der Waals surface area contributed by atoms with Crippen LogP contribution in [-0.2, 0) is 21.7 Å². The zero-order valence-corrected chi connectivity index (χ0v) is 29.4. The van der Waals surface area contributed by atoms with Gasteiger partial charge in [-0.15, -0.1) is 0 Å². The van der Waals surface area contributed by atoms with Gasteiger partial charge in [0.1, 0.15) is 23.0 Å². The molecule has 0 radical (unpaired) electrons. The van der Waals surface area contributed by atoms with Gasteiger partial charge < -0.3 is 20.4 Å². The van der Waals surface area contributed by atoms with E-state index in [9.17, 15) is 20.4 Å². The molecule has 0 saturated heterocycles. The molecule has 0 amide bonds. The number of hydrogen-bond acceptors (Lipinski definition) is 4. The molecule has 0 bridgehead atoms. The molecule has 0 aliphatic rings. The number of rotatable bonds is 6. The molecule has 250 valence electrons. The molecule has 0 saturated carbocycles. The van der Waals surface area contributed by atoms with Gasteiger partial charge in [0, 0.05) is 5.41 Å². The highest BCUT2D eigenvalue weighted by Gasteiger charge is 2.57. The van der Waals surface area contributed by atoms with E-state index < -0.39 is 16.2 Å². The highest BCUT2D eigenvalue weighted by atomic mass is 16.3. The minimum atomic E-state index is -1.04. The van der Waals surface area contributed by atoms with E-state index in [2.05, 4.69) is 90.9 Å². The fourth-order valence-corrected chi connectivity index (χ4v) is 7.98. The Balaban J connectivity index is 2.00. The largest absolute Gasteiger partial charge is 0.508 e. The summed E-state index contributed by atoms with van der Waals surface area (Å²) in [6.45, 7) is 15.2. The second-order valence-electron chi connectivity index (χ2n) is 15.5. The summed E-state index contributed by atoms with van der Waals surface area (Å²) in [6, 6.07) is 41.2. The molecule has 6 rings (SSSR count). The molecule has 0 aliphatic heterocycles. The van der Waals surface area contributed by atoms with E-state index in [1.54, 1.807) is 36.4 Å². The molecule has 0 heterocycles. The first-order chi connectivity index (χ1) is 23.1. The zero-order chi connectivity index (χ0) is 35.4. The second kappa shape index (κ2) is 12.0. The lowest BCUT2D eigenvalue weighted by atomic mass is 9.47. The highest BCUT2D eigenvalue weighted by molar-refractivity contribution is 5.89. The summed E-state index contributed by atoms with van der Waals surface area (Å²) >= 11 is 0. The molecule has 0 spiro atoms. The lowest BCUT2D eigenvalue weighted by Gasteiger charge is -2.54. The van der Waals surface area contributed by atoms with E-state index >= 15 is 0 Å². The van der Waals surface area contributed by atoms with Crippen molar-refractivity contribution in [3.05, 3.63) is 166 Å². The maximum absolute atomic E-state index is 11.1. The number of fused-ring (bicyclic) bond motifs is 1. The van der Waals surface area contributed by atoms with Crippen LogP contribution in [0.1, 0.15) is 87.4 Å². The van der Waals surface area contributed by atoms with Crippen molar-refractivity contribution < 1.29 is 20.4 Å². The third kappa shape index (κ3) is 5.59. The molecule has 0 aliphatic carbocycles. The first-order valence-corrected chi connectivity index (χ1v) is 16.8. The van der Waals surface area contributed by atoms with Crippen molar-refractivity contribution in [3.63, 3.8) is 0 Å². The summed E-state index contributed by atoms with van der Waals surface area (Å²) in [5, 5.41) is 45.6. The first-order valence-electron chi connectivity index (χ1n) is 16.8. The average molecular weight is 651 g/mol. The monoisotopic (exact) mass is 650 g/mol. The molecule has 6 aromatic rings. The van der Waals surface area contributed by atoms with Crippen LogP contribution in [0.3, 0.4) is 0 Å². The van der Waals surface area contributed by atoms with Crippen LogP contribution in [-0.4, -0.2) is 20.4 Å². The molecular weight excluding hydrogens is 604 g/mol. The Morgan fingerprint density at radius 1 is 0.367 bits per heavy atom. The number of phenolic OH excluding ortho intramolecular Hbond substituents is 4. The molecule has 2 atom stereocenters. The van der Waals surface area contributed by atoms with Gasteiger partial charge in [0.2, 0.25) is 0 Å². The topological polar surface area (TPSA) is 80.9 Å². The number of hydrogen-bond donors (Lipinski definition) is 4. The van der Waals surface area contributed by atoms with Crippen molar-refractivity contribution >= 4 is 10.8 Å². The van der Waals surface area contributed by atoms with Gasteiger partial charge in [0.05, 0.1) is 5.41 Å². The minimum Gasteiger partial charge on any atom is -0.508 e. The first kappa shape index (κ1) is 33.7. The van der Waals surface area contributed by atoms with Crippen LogP contribution in [0.4, 0.5) is 0 Å². The van der Waals surface area contributed by atoms with Crippen molar-refractivity contribution in [1.82, 2.24) is 0 Å². The van der Waals surface area contributed by atoms with Gasteiger partial charge in [0.15, 0.2) is 0 Å². The number of aromatic hydroxyl groups is 4. The Kier molecular flexibility index (Phi) is 8.27. The van der Waals surface area contributed by atoms with E-state index in [0.29, 0.717) is 0 Å². The van der Waals surface area contributed by atoms with Crippen molar-refractivity contribution in [2.45, 2.75) is 70.1 Å². The summed E-state index contributed by atoms with van der Waals surface area (Å²) in [7, 11) is 0. The smallest absolute Gasteiger partial charge is 0.115 e.